The Hall–Kier alpha value is -2.01. The topological polar surface area (TPSA) is 65.8 Å². The molecule has 0 amide bonds. The molecule has 2 aromatic heterocycles. The van der Waals surface area contributed by atoms with Gasteiger partial charge in [0, 0.05) is 53.6 Å². The van der Waals surface area contributed by atoms with Crippen molar-refractivity contribution < 1.29 is 9.59 Å². The van der Waals surface area contributed by atoms with Crippen molar-refractivity contribution in [2.75, 3.05) is 6.54 Å². The lowest BCUT2D eigenvalue weighted by molar-refractivity contribution is -0.121. The smallest absolute Gasteiger partial charge is 0.162 e. The summed E-state index contributed by atoms with van der Waals surface area (Å²) in [6.45, 7) is 2.60. The second-order valence-corrected chi connectivity index (χ2v) is 6.04. The van der Waals surface area contributed by atoms with Crippen LogP contribution < -0.4 is 0 Å². The number of aromatic nitrogens is 2. The molecule has 0 saturated carbocycles. The number of pyridine rings is 1. The van der Waals surface area contributed by atoms with E-state index in [2.05, 4.69) is 14.9 Å². The van der Waals surface area contributed by atoms with Gasteiger partial charge in [-0.1, -0.05) is 0 Å². The molecular formula is C16H17N3O2. The van der Waals surface area contributed by atoms with Gasteiger partial charge in [0.15, 0.2) is 11.6 Å². The summed E-state index contributed by atoms with van der Waals surface area (Å²) >= 11 is 0. The third-order valence-corrected chi connectivity index (χ3v) is 4.68. The van der Waals surface area contributed by atoms with E-state index in [-0.39, 0.29) is 17.6 Å². The van der Waals surface area contributed by atoms with Crippen molar-refractivity contribution in [2.24, 2.45) is 0 Å². The fourth-order valence-corrected chi connectivity index (χ4v) is 3.61. The van der Waals surface area contributed by atoms with E-state index >= 15 is 0 Å². The zero-order valence-corrected chi connectivity index (χ0v) is 11.9. The summed E-state index contributed by atoms with van der Waals surface area (Å²) in [6, 6.07) is 2.53. The minimum absolute atomic E-state index is 0.0203. The van der Waals surface area contributed by atoms with Crippen LogP contribution in [0.25, 0.3) is 10.9 Å². The number of nitrogens with zero attached hydrogens (tertiary/aromatic N) is 2. The quantitative estimate of drug-likeness (QED) is 0.685. The molecule has 3 atom stereocenters. The number of fused-ring (bicyclic) bond motifs is 2. The highest BCUT2D eigenvalue weighted by atomic mass is 16.1. The maximum atomic E-state index is 12.5. The van der Waals surface area contributed by atoms with Gasteiger partial charge in [0.2, 0.25) is 0 Å². The number of ketones is 2. The second-order valence-electron chi connectivity index (χ2n) is 6.04. The summed E-state index contributed by atoms with van der Waals surface area (Å²) in [5.41, 5.74) is 2.22. The zero-order chi connectivity index (χ0) is 14.6. The predicted molar refractivity (Wildman–Crippen MR) is 78.3 cm³/mol. The van der Waals surface area contributed by atoms with Gasteiger partial charge in [-0.2, -0.15) is 0 Å². The summed E-state index contributed by atoms with van der Waals surface area (Å²) in [5, 5.41) is 0.809. The molecule has 4 heterocycles. The Morgan fingerprint density at radius 3 is 2.95 bits per heavy atom. The third-order valence-electron chi connectivity index (χ3n) is 4.68. The van der Waals surface area contributed by atoms with Gasteiger partial charge in [0.05, 0.1) is 6.04 Å². The van der Waals surface area contributed by atoms with Crippen LogP contribution >= 0.6 is 0 Å². The molecule has 0 radical (unpaired) electrons. The van der Waals surface area contributed by atoms with E-state index in [0.717, 1.165) is 36.0 Å². The van der Waals surface area contributed by atoms with Crippen molar-refractivity contribution in [1.82, 2.24) is 14.9 Å². The Morgan fingerprint density at radius 1 is 1.43 bits per heavy atom. The van der Waals surface area contributed by atoms with E-state index in [0.29, 0.717) is 18.0 Å². The second kappa shape index (κ2) is 4.49. The first kappa shape index (κ1) is 12.7. The van der Waals surface area contributed by atoms with Crippen LogP contribution in [0.4, 0.5) is 0 Å². The number of carbonyl (C=O) groups is 2. The number of carbonyl (C=O) groups excluding carboxylic acids is 2. The van der Waals surface area contributed by atoms with Gasteiger partial charge >= 0.3 is 0 Å². The molecule has 0 bridgehead atoms. The number of H-pyrrole nitrogens is 1. The largest absolute Gasteiger partial charge is 0.357 e. The molecule has 2 aliphatic rings. The highest BCUT2D eigenvalue weighted by Crippen LogP contribution is 2.36. The molecule has 0 spiro atoms. The maximum absolute atomic E-state index is 12.5. The SMILES string of the molecule is CC(=O)c1c(CC(=O)[C@@H]2CC[C@H]3CN32)[nH]c2ccncc12. The first-order valence-electron chi connectivity index (χ1n) is 7.39. The summed E-state index contributed by atoms with van der Waals surface area (Å²) in [6.07, 6.45) is 5.77. The van der Waals surface area contributed by atoms with Crippen molar-refractivity contribution in [3.8, 4) is 0 Å². The minimum atomic E-state index is -0.0203. The number of aromatic amines is 1. The average molecular weight is 283 g/mol. The van der Waals surface area contributed by atoms with E-state index < -0.39 is 0 Å². The van der Waals surface area contributed by atoms with Crippen LogP contribution in [0.2, 0.25) is 0 Å². The van der Waals surface area contributed by atoms with Crippen molar-refractivity contribution in [1.29, 1.82) is 0 Å². The molecule has 1 unspecified atom stereocenters. The maximum Gasteiger partial charge on any atom is 0.162 e. The molecule has 2 fully saturated rings. The molecule has 2 aliphatic heterocycles. The summed E-state index contributed by atoms with van der Waals surface area (Å²) < 4.78 is 0. The van der Waals surface area contributed by atoms with E-state index in [1.165, 1.54) is 0 Å². The summed E-state index contributed by atoms with van der Waals surface area (Å²) in [7, 11) is 0. The van der Waals surface area contributed by atoms with Crippen LogP contribution in [0, 0.1) is 0 Å². The van der Waals surface area contributed by atoms with Crippen LogP contribution in [-0.4, -0.2) is 45.1 Å². The zero-order valence-electron chi connectivity index (χ0n) is 11.9. The van der Waals surface area contributed by atoms with Gasteiger partial charge in [-0.15, -0.1) is 0 Å². The molecule has 2 saturated heterocycles. The Kier molecular flexibility index (Phi) is 2.72. The monoisotopic (exact) mass is 283 g/mol. The highest BCUT2D eigenvalue weighted by molar-refractivity contribution is 6.08. The lowest BCUT2D eigenvalue weighted by Gasteiger charge is -2.11. The normalized spacial score (nSPS) is 26.8. The van der Waals surface area contributed by atoms with E-state index in [1.54, 1.807) is 19.3 Å². The predicted octanol–water partition coefficient (Wildman–Crippen LogP) is 1.72. The number of Topliss-reactive ketones (excluding diaryl/α,β-unsaturated/α-hetero) is 2. The van der Waals surface area contributed by atoms with Gasteiger partial charge in [-0.3, -0.25) is 19.5 Å². The Bertz CT molecular complexity index is 749. The van der Waals surface area contributed by atoms with Crippen LogP contribution in [-0.2, 0) is 11.2 Å². The fraction of sp³-hybridized carbons (Fsp3) is 0.438. The number of piperidine rings is 1. The lowest BCUT2D eigenvalue weighted by atomic mass is 10.0. The third kappa shape index (κ3) is 2.00. The Balaban J connectivity index is 1.67. The molecule has 0 aliphatic carbocycles. The molecule has 21 heavy (non-hydrogen) atoms. The van der Waals surface area contributed by atoms with E-state index in [9.17, 15) is 9.59 Å². The lowest BCUT2D eigenvalue weighted by Crippen LogP contribution is -2.28. The van der Waals surface area contributed by atoms with Crippen LogP contribution in [0.5, 0.6) is 0 Å². The van der Waals surface area contributed by atoms with E-state index in [1.807, 2.05) is 6.07 Å². The highest BCUT2D eigenvalue weighted by Gasteiger charge is 2.48. The summed E-state index contributed by atoms with van der Waals surface area (Å²) in [5.74, 6) is 0.199. The van der Waals surface area contributed by atoms with Gasteiger partial charge in [0.25, 0.3) is 0 Å². The first-order chi connectivity index (χ1) is 10.1. The van der Waals surface area contributed by atoms with Crippen molar-refractivity contribution >= 4 is 22.5 Å². The minimum Gasteiger partial charge on any atom is -0.357 e. The van der Waals surface area contributed by atoms with Crippen molar-refractivity contribution in [2.45, 2.75) is 38.3 Å². The Morgan fingerprint density at radius 2 is 2.29 bits per heavy atom. The van der Waals surface area contributed by atoms with Gasteiger partial charge in [-0.05, 0) is 25.8 Å². The van der Waals surface area contributed by atoms with Crippen molar-refractivity contribution in [3.05, 3.63) is 29.7 Å². The summed E-state index contributed by atoms with van der Waals surface area (Å²) in [4.78, 5) is 34.0. The van der Waals surface area contributed by atoms with Crippen LogP contribution in [0.3, 0.4) is 0 Å². The first-order valence-corrected chi connectivity index (χ1v) is 7.39. The molecule has 2 aromatic rings. The molecule has 1 N–H and O–H groups in total. The number of hydrogen-bond donors (Lipinski definition) is 1. The fourth-order valence-electron chi connectivity index (χ4n) is 3.61. The van der Waals surface area contributed by atoms with E-state index in [4.69, 9.17) is 0 Å². The standard InChI is InChI=1S/C16H17N3O2/c1-9(20)16-11-7-17-5-4-12(11)18-13(16)6-15(21)14-3-2-10-8-19(10)14/h4-5,7,10,14,18H,2-3,6,8H2,1H3/t10-,14-,19?/m0/s1. The molecule has 5 heteroatoms. The molecule has 5 nitrogen and oxygen atoms in total. The average Bonchev–Trinajstić information content (AvgIpc) is 2.95. The number of rotatable bonds is 4. The molecular weight excluding hydrogens is 266 g/mol. The molecule has 0 aromatic carbocycles. The number of hydrogen-bond acceptors (Lipinski definition) is 4. The van der Waals surface area contributed by atoms with Crippen molar-refractivity contribution in [3.63, 3.8) is 0 Å². The van der Waals surface area contributed by atoms with Crippen LogP contribution in [0.1, 0.15) is 35.8 Å². The van der Waals surface area contributed by atoms with Gasteiger partial charge < -0.3 is 4.98 Å². The molecule has 108 valence electrons. The molecule has 4 rings (SSSR count). The number of nitrogens with one attached hydrogen (secondary N) is 1. The van der Waals surface area contributed by atoms with Gasteiger partial charge in [-0.25, -0.2) is 0 Å². The van der Waals surface area contributed by atoms with Gasteiger partial charge in [0.1, 0.15) is 0 Å². The Labute approximate surface area is 122 Å². The van der Waals surface area contributed by atoms with Crippen LogP contribution in [0.15, 0.2) is 18.5 Å².